The van der Waals surface area contributed by atoms with Crippen LogP contribution < -0.4 is 5.73 Å². The van der Waals surface area contributed by atoms with Gasteiger partial charge in [-0.2, -0.15) is 0 Å². The van der Waals surface area contributed by atoms with E-state index in [1.165, 1.54) is 0 Å². The Bertz CT molecular complexity index is 514. The van der Waals surface area contributed by atoms with Gasteiger partial charge in [0.2, 0.25) is 0 Å². The molecule has 2 fully saturated rings. The third kappa shape index (κ3) is 3.40. The van der Waals surface area contributed by atoms with E-state index in [1.54, 1.807) is 0 Å². The van der Waals surface area contributed by atoms with Gasteiger partial charge in [0.15, 0.2) is 0 Å². The van der Waals surface area contributed by atoms with Crippen molar-refractivity contribution >= 4 is 28.5 Å². The molecular weight excluding hydrogens is 377 g/mol. The number of rotatable bonds is 2. The molecule has 0 aromatic heterocycles. The molecule has 1 atom stereocenters. The van der Waals surface area contributed by atoms with Crippen LogP contribution in [-0.2, 0) is 0 Å². The van der Waals surface area contributed by atoms with Crippen LogP contribution in [0.3, 0.4) is 0 Å². The van der Waals surface area contributed by atoms with Crippen LogP contribution in [0.4, 0.5) is 0 Å². The minimum atomic E-state index is 0.177. The topological polar surface area (TPSA) is 49.6 Å². The second kappa shape index (κ2) is 6.62. The molecule has 4 nitrogen and oxygen atoms in total. The minimum Gasteiger partial charge on any atom is -0.337 e. The van der Waals surface area contributed by atoms with Crippen molar-refractivity contribution in [3.8, 4) is 0 Å². The number of benzene rings is 1. The summed E-state index contributed by atoms with van der Waals surface area (Å²) in [6.45, 7) is 3.89. The highest BCUT2D eigenvalue weighted by atomic mass is 127. The van der Waals surface area contributed by atoms with E-state index < -0.39 is 0 Å². The van der Waals surface area contributed by atoms with Crippen LogP contribution in [0, 0.1) is 3.57 Å². The van der Waals surface area contributed by atoms with Gasteiger partial charge in [-0.05, 0) is 67.1 Å². The van der Waals surface area contributed by atoms with E-state index in [0.29, 0.717) is 12.1 Å². The Balaban J connectivity index is 1.62. The number of likely N-dealkylation sites (tertiary alicyclic amines) is 2. The Morgan fingerprint density at radius 3 is 2.57 bits per heavy atom. The van der Waals surface area contributed by atoms with E-state index in [2.05, 4.69) is 27.5 Å². The lowest BCUT2D eigenvalue weighted by Crippen LogP contribution is -2.46. The fourth-order valence-electron chi connectivity index (χ4n) is 3.31. The molecule has 1 aromatic carbocycles. The Morgan fingerprint density at radius 2 is 1.86 bits per heavy atom. The number of carbonyl (C=O) groups excluding carboxylic acids is 1. The summed E-state index contributed by atoms with van der Waals surface area (Å²) < 4.78 is 1.03. The number of hydrogen-bond acceptors (Lipinski definition) is 3. The third-order valence-electron chi connectivity index (χ3n) is 4.65. The molecule has 2 aliphatic rings. The number of nitrogens with two attached hydrogens (primary N) is 1. The van der Waals surface area contributed by atoms with Crippen LogP contribution in [0.2, 0.25) is 0 Å². The molecule has 2 aliphatic heterocycles. The largest absolute Gasteiger partial charge is 0.337 e. The molecule has 0 radical (unpaired) electrons. The van der Waals surface area contributed by atoms with Gasteiger partial charge in [0.05, 0.1) is 5.56 Å². The predicted molar refractivity (Wildman–Crippen MR) is 92.2 cm³/mol. The minimum absolute atomic E-state index is 0.177. The van der Waals surface area contributed by atoms with E-state index in [-0.39, 0.29) is 5.91 Å². The van der Waals surface area contributed by atoms with Gasteiger partial charge in [-0.25, -0.2) is 0 Å². The lowest BCUT2D eigenvalue weighted by Gasteiger charge is -2.34. The Kier molecular flexibility index (Phi) is 4.81. The molecule has 0 bridgehead atoms. The Morgan fingerprint density at radius 1 is 1.14 bits per heavy atom. The average Bonchev–Trinajstić information content (AvgIpc) is 2.98. The van der Waals surface area contributed by atoms with Gasteiger partial charge in [0.25, 0.3) is 5.91 Å². The van der Waals surface area contributed by atoms with Crippen LogP contribution in [0.25, 0.3) is 0 Å². The quantitative estimate of drug-likeness (QED) is 0.774. The van der Waals surface area contributed by atoms with Crippen molar-refractivity contribution in [2.75, 3.05) is 26.2 Å². The number of amides is 1. The highest BCUT2D eigenvalue weighted by molar-refractivity contribution is 14.1. The van der Waals surface area contributed by atoms with Gasteiger partial charge in [-0.3, -0.25) is 9.69 Å². The first-order chi connectivity index (χ1) is 10.1. The standard InChI is InChI=1S/C16H22IN3O/c17-15-4-2-1-3-14(15)16(21)20-10-7-13(11-20)19-8-5-12(18)6-9-19/h1-4,12-13H,5-11,18H2. The molecule has 114 valence electrons. The number of hydrogen-bond donors (Lipinski definition) is 1. The molecule has 5 heteroatoms. The molecule has 0 spiro atoms. The first-order valence-corrected chi connectivity index (χ1v) is 8.76. The van der Waals surface area contributed by atoms with E-state index in [0.717, 1.165) is 54.6 Å². The maximum absolute atomic E-state index is 12.6. The number of piperidine rings is 1. The summed E-state index contributed by atoms with van der Waals surface area (Å²) in [5.74, 6) is 0.177. The maximum atomic E-state index is 12.6. The van der Waals surface area contributed by atoms with Crippen LogP contribution in [-0.4, -0.2) is 54.0 Å². The molecule has 3 rings (SSSR count). The summed E-state index contributed by atoms with van der Waals surface area (Å²) in [6, 6.07) is 8.72. The summed E-state index contributed by atoms with van der Waals surface area (Å²) in [5.41, 5.74) is 6.80. The SMILES string of the molecule is NC1CCN(C2CCN(C(=O)c3ccccc3I)C2)CC1. The highest BCUT2D eigenvalue weighted by Gasteiger charge is 2.32. The van der Waals surface area contributed by atoms with E-state index in [1.807, 2.05) is 29.2 Å². The predicted octanol–water partition coefficient (Wildman–Crippen LogP) is 1.93. The molecule has 1 aromatic rings. The molecule has 2 saturated heterocycles. The summed E-state index contributed by atoms with van der Waals surface area (Å²) in [7, 11) is 0. The van der Waals surface area contributed by atoms with Crippen molar-refractivity contribution in [1.82, 2.24) is 9.80 Å². The number of nitrogens with zero attached hydrogens (tertiary/aromatic N) is 2. The summed E-state index contributed by atoms with van der Waals surface area (Å²) in [5, 5.41) is 0. The highest BCUT2D eigenvalue weighted by Crippen LogP contribution is 2.22. The van der Waals surface area contributed by atoms with Gasteiger partial charge in [-0.1, -0.05) is 12.1 Å². The van der Waals surface area contributed by atoms with Crippen LogP contribution in [0.5, 0.6) is 0 Å². The van der Waals surface area contributed by atoms with Crippen molar-refractivity contribution < 1.29 is 4.79 Å². The second-order valence-electron chi connectivity index (χ2n) is 6.05. The molecule has 0 saturated carbocycles. The van der Waals surface area contributed by atoms with E-state index >= 15 is 0 Å². The molecule has 2 N–H and O–H groups in total. The van der Waals surface area contributed by atoms with Crippen LogP contribution >= 0.6 is 22.6 Å². The first-order valence-electron chi connectivity index (χ1n) is 7.68. The van der Waals surface area contributed by atoms with Crippen LogP contribution in [0.1, 0.15) is 29.6 Å². The van der Waals surface area contributed by atoms with Crippen molar-refractivity contribution in [2.45, 2.75) is 31.3 Å². The van der Waals surface area contributed by atoms with Crippen molar-refractivity contribution in [2.24, 2.45) is 5.73 Å². The Labute approximate surface area is 139 Å². The summed E-state index contributed by atoms with van der Waals surface area (Å²) >= 11 is 2.24. The molecule has 2 heterocycles. The zero-order valence-corrected chi connectivity index (χ0v) is 14.3. The summed E-state index contributed by atoms with van der Waals surface area (Å²) in [4.78, 5) is 17.2. The molecule has 1 amide bonds. The van der Waals surface area contributed by atoms with E-state index in [9.17, 15) is 4.79 Å². The van der Waals surface area contributed by atoms with Gasteiger partial charge in [-0.15, -0.1) is 0 Å². The molecule has 1 unspecified atom stereocenters. The zero-order valence-electron chi connectivity index (χ0n) is 12.2. The normalized spacial score (nSPS) is 24.5. The van der Waals surface area contributed by atoms with Crippen molar-refractivity contribution in [3.63, 3.8) is 0 Å². The lowest BCUT2D eigenvalue weighted by atomic mass is 10.0. The van der Waals surface area contributed by atoms with Gasteiger partial charge >= 0.3 is 0 Å². The monoisotopic (exact) mass is 399 g/mol. The molecular formula is C16H22IN3O. The average molecular weight is 399 g/mol. The number of halogens is 1. The van der Waals surface area contributed by atoms with Gasteiger partial charge in [0.1, 0.15) is 0 Å². The molecule has 21 heavy (non-hydrogen) atoms. The second-order valence-corrected chi connectivity index (χ2v) is 7.21. The smallest absolute Gasteiger partial charge is 0.254 e. The Hall–Kier alpha value is -0.660. The third-order valence-corrected chi connectivity index (χ3v) is 5.59. The maximum Gasteiger partial charge on any atom is 0.254 e. The number of carbonyl (C=O) groups is 1. The van der Waals surface area contributed by atoms with Crippen LogP contribution in [0.15, 0.2) is 24.3 Å². The van der Waals surface area contributed by atoms with Gasteiger partial charge < -0.3 is 10.6 Å². The van der Waals surface area contributed by atoms with E-state index in [4.69, 9.17) is 5.73 Å². The summed E-state index contributed by atoms with van der Waals surface area (Å²) in [6.07, 6.45) is 3.26. The molecule has 0 aliphatic carbocycles. The fourth-order valence-corrected chi connectivity index (χ4v) is 3.93. The fraction of sp³-hybridized carbons (Fsp3) is 0.562. The lowest BCUT2D eigenvalue weighted by molar-refractivity contribution is 0.0768. The van der Waals surface area contributed by atoms with Crippen molar-refractivity contribution in [1.29, 1.82) is 0 Å². The zero-order chi connectivity index (χ0) is 14.8. The van der Waals surface area contributed by atoms with Crippen molar-refractivity contribution in [3.05, 3.63) is 33.4 Å². The first kappa shape index (κ1) is 15.2. The van der Waals surface area contributed by atoms with Gasteiger partial charge in [0, 0.05) is 28.7 Å².